The molecule has 0 aliphatic carbocycles. The minimum atomic E-state index is -4.76. The average molecular weight is 1140 g/mol. The average Bonchev–Trinajstić information content (AvgIpc) is 4.08. The molecule has 6 rings (SSSR count). The number of carbonyl (C=O) groups excluding carboxylic acids is 5. The number of aliphatic carboxylic acids is 1. The zero-order valence-corrected chi connectivity index (χ0v) is 45.8. The lowest BCUT2D eigenvalue weighted by molar-refractivity contribution is -0.275. The second-order valence-corrected chi connectivity index (χ2v) is 17.9. The number of likely N-dealkylation sites (tertiary alicyclic amines) is 1. The number of alkyl halides is 6. The summed E-state index contributed by atoms with van der Waals surface area (Å²) in [7, 11) is 5.39. The molecular weight excluding hydrogens is 1070 g/mol. The number of aldehydes is 1. The number of carboxylic acid groups (broad SMARTS) is 1. The Labute approximate surface area is 458 Å². The second kappa shape index (κ2) is 34.8. The third-order valence-electron chi connectivity index (χ3n) is 10.4. The van der Waals surface area contributed by atoms with E-state index >= 15 is 0 Å². The highest BCUT2D eigenvalue weighted by atomic mass is 31.0. The number of likely N-dealkylation sites (N-methyl/N-ethyl adjacent to an activating group) is 2. The highest BCUT2D eigenvalue weighted by molar-refractivity contribution is 7.20. The van der Waals surface area contributed by atoms with Crippen LogP contribution in [0.15, 0.2) is 85.2 Å². The van der Waals surface area contributed by atoms with Gasteiger partial charge in [0.1, 0.15) is 34.3 Å². The summed E-state index contributed by atoms with van der Waals surface area (Å²) in [5.41, 5.74) is 1.27. The molecule has 4 aromatic rings. The molecule has 2 N–H and O–H groups in total. The maximum Gasteiger partial charge on any atom is 0.602 e. The highest BCUT2D eigenvalue weighted by Gasteiger charge is 2.34. The van der Waals surface area contributed by atoms with Gasteiger partial charge in [0, 0.05) is 97.1 Å². The number of anilines is 2. The first-order chi connectivity index (χ1) is 36.5. The topological polar surface area (TPSA) is 226 Å². The van der Waals surface area contributed by atoms with E-state index in [0.717, 1.165) is 38.9 Å². The zero-order chi connectivity index (χ0) is 58.8. The van der Waals surface area contributed by atoms with Crippen molar-refractivity contribution in [1.82, 2.24) is 20.2 Å². The predicted molar refractivity (Wildman–Crippen MR) is 287 cm³/mol. The molecule has 2 aromatic carbocycles. The smallest absolute Gasteiger partial charge is 0.499 e. The summed E-state index contributed by atoms with van der Waals surface area (Å²) >= 11 is 0. The molecule has 0 bridgehead atoms. The van der Waals surface area contributed by atoms with E-state index in [1.165, 1.54) is 44.2 Å². The van der Waals surface area contributed by atoms with Crippen molar-refractivity contribution < 1.29 is 88.5 Å². The lowest BCUT2D eigenvalue weighted by Gasteiger charge is -2.27. The van der Waals surface area contributed by atoms with Crippen LogP contribution in [0.2, 0.25) is 0 Å². The van der Waals surface area contributed by atoms with Gasteiger partial charge in [-0.25, -0.2) is 19.6 Å². The predicted octanol–water partition coefficient (Wildman–Crippen LogP) is 8.84. The molecule has 2 aromatic heterocycles. The number of pyridine rings is 2. The standard InChI is InChI=1S/C22H26F3N3O3.C14H21N3O2.C8H5F3O2.C5H10BO4P.C2H4O2.CH4/c1-15(2)30-21(29)18-8-6-11-26-20(18)27(3)17-10-12-28(14-17)13-16-7-4-5-9-19(16)31-22(23,24)25;1-10(2)19-14(18)12-5-4-7-16-13(12)17(3)11-6-8-15-9-11;9-8(10,11)13-7-4-2-1-3-6(7)5-12;1-4(7)9-6(3-11)10-5(2)8;1-2(3)4;/h4-9,11,15,17H,10,12-14H2,1-3H3;4-5,7,10-11,15H,6,8-9H2,1-3H3;1-5H;3,11H2,1-2H3;1H3,(H,3,4);1H4/t17-;11-;;;;/m11..../s1. The molecule has 0 spiro atoms. The Hall–Kier alpha value is -7.05. The van der Waals surface area contributed by atoms with Gasteiger partial charge in [0.2, 0.25) is 0 Å². The van der Waals surface area contributed by atoms with E-state index in [4.69, 9.17) is 19.4 Å². The normalized spacial score (nSPS) is 14.5. The number of benzene rings is 2. The van der Waals surface area contributed by atoms with E-state index in [2.05, 4.69) is 53.1 Å². The third kappa shape index (κ3) is 27.4. The first-order valence-corrected chi connectivity index (χ1v) is 25.0. The third-order valence-corrected chi connectivity index (χ3v) is 10.8. The van der Waals surface area contributed by atoms with Crippen molar-refractivity contribution in [1.29, 1.82) is 0 Å². The molecule has 2 fully saturated rings. The Morgan fingerprint density at radius 1 is 0.747 bits per heavy atom. The monoisotopic (exact) mass is 1140 g/mol. The molecule has 2 aliphatic heterocycles. The molecule has 0 radical (unpaired) electrons. The molecule has 79 heavy (non-hydrogen) atoms. The SMILES string of the molecule is C.CC(=O)O.CC(=O)OB(CP)OC(C)=O.CC(C)OC(=O)c1cccnc1N(C)[C@@H]1CCN(Cc2ccccc2OC(F)(F)F)C1.CC(C)OC(=O)c1cccnc1N(C)[C@@H]1CCNC1.O=Cc1ccccc1OC(F)(F)F. The van der Waals surface area contributed by atoms with Gasteiger partial charge in [-0.3, -0.25) is 24.1 Å². The van der Waals surface area contributed by atoms with Crippen LogP contribution in [0.4, 0.5) is 38.0 Å². The highest BCUT2D eigenvalue weighted by Crippen LogP contribution is 2.30. The van der Waals surface area contributed by atoms with Gasteiger partial charge in [0.15, 0.2) is 6.29 Å². The maximum absolute atomic E-state index is 12.7. The van der Waals surface area contributed by atoms with Gasteiger partial charge in [0.05, 0.1) is 17.8 Å². The van der Waals surface area contributed by atoms with Crippen molar-refractivity contribution in [3.05, 3.63) is 107 Å². The number of halogens is 6. The van der Waals surface area contributed by atoms with Crippen LogP contribution in [-0.2, 0) is 39.7 Å². The van der Waals surface area contributed by atoms with Crippen LogP contribution in [-0.4, -0.2) is 147 Å². The van der Waals surface area contributed by atoms with Crippen LogP contribution in [0.5, 0.6) is 11.5 Å². The summed E-state index contributed by atoms with van der Waals surface area (Å²) in [6.07, 6.45) is -4.38. The van der Waals surface area contributed by atoms with E-state index in [1.807, 2.05) is 32.8 Å². The molecule has 19 nitrogen and oxygen atoms in total. The number of carboxylic acids is 1. The van der Waals surface area contributed by atoms with Crippen molar-refractivity contribution in [2.75, 3.05) is 56.1 Å². The first kappa shape index (κ1) is 70.0. The number of hydrogen-bond acceptors (Lipinski definition) is 18. The summed E-state index contributed by atoms with van der Waals surface area (Å²) in [6, 6.07) is 19.0. The van der Waals surface area contributed by atoms with Gasteiger partial charge in [0.25, 0.3) is 17.9 Å². The van der Waals surface area contributed by atoms with Gasteiger partial charge in [-0.15, -0.1) is 35.6 Å². The van der Waals surface area contributed by atoms with E-state index < -0.39 is 49.5 Å². The van der Waals surface area contributed by atoms with Crippen molar-refractivity contribution >= 4 is 64.1 Å². The molecule has 0 saturated carbocycles. The van der Waals surface area contributed by atoms with Gasteiger partial charge < -0.3 is 48.5 Å². The number of nitrogens with zero attached hydrogens (tertiary/aromatic N) is 5. The summed E-state index contributed by atoms with van der Waals surface area (Å²) in [5, 5.41) is 10.7. The lowest BCUT2D eigenvalue weighted by Crippen LogP contribution is -2.36. The summed E-state index contributed by atoms with van der Waals surface area (Å²) < 4.78 is 101. The molecule has 0 amide bonds. The number of ether oxygens (including phenoxy) is 4. The molecule has 2 saturated heterocycles. The Kier molecular flexibility index (Phi) is 30.8. The molecule has 1 unspecified atom stereocenters. The van der Waals surface area contributed by atoms with E-state index in [-0.39, 0.29) is 43.0 Å². The Morgan fingerprint density at radius 3 is 1.63 bits per heavy atom. The number of esters is 2. The van der Waals surface area contributed by atoms with E-state index in [1.54, 1.807) is 62.6 Å². The van der Waals surface area contributed by atoms with Crippen molar-refractivity contribution in [2.45, 2.75) is 112 Å². The van der Waals surface area contributed by atoms with E-state index in [0.29, 0.717) is 66.3 Å². The number of rotatable bonds is 16. The molecule has 436 valence electrons. The van der Waals surface area contributed by atoms with Crippen molar-refractivity contribution in [2.24, 2.45) is 0 Å². The van der Waals surface area contributed by atoms with Gasteiger partial charge in [-0.2, -0.15) is 0 Å². The minimum absolute atomic E-state index is 0. The molecule has 4 heterocycles. The van der Waals surface area contributed by atoms with Crippen LogP contribution >= 0.6 is 9.24 Å². The van der Waals surface area contributed by atoms with Crippen LogP contribution in [0.3, 0.4) is 0 Å². The fourth-order valence-electron chi connectivity index (χ4n) is 7.20. The van der Waals surface area contributed by atoms with Gasteiger partial charge >= 0.3 is 31.8 Å². The minimum Gasteiger partial charge on any atom is -0.499 e. The first-order valence-electron chi connectivity index (χ1n) is 24.1. The zero-order valence-electron chi connectivity index (χ0n) is 44.6. The van der Waals surface area contributed by atoms with Crippen LogP contribution in [0.1, 0.15) is 105 Å². The maximum atomic E-state index is 12.7. The number of carbonyl (C=O) groups is 6. The number of aromatic nitrogens is 2. The lowest BCUT2D eigenvalue weighted by atomic mass is 9.95. The number of hydrogen-bond donors (Lipinski definition) is 2. The fraction of sp³-hybridized carbons (Fsp3) is 0.462. The number of nitrogens with one attached hydrogen (secondary N) is 1. The quantitative estimate of drug-likeness (QED) is 0.0351. The fourth-order valence-corrected chi connectivity index (χ4v) is 7.40. The molecule has 3 atom stereocenters. The Bertz CT molecular complexity index is 2520. The van der Waals surface area contributed by atoms with Crippen molar-refractivity contribution in [3.63, 3.8) is 0 Å². The van der Waals surface area contributed by atoms with Crippen LogP contribution in [0, 0.1) is 0 Å². The summed E-state index contributed by atoms with van der Waals surface area (Å²) in [4.78, 5) is 79.3. The Morgan fingerprint density at radius 2 is 1.20 bits per heavy atom. The number of para-hydroxylation sites is 2. The molecule has 2 aliphatic rings. The van der Waals surface area contributed by atoms with Crippen LogP contribution < -0.4 is 24.6 Å². The van der Waals surface area contributed by atoms with Gasteiger partial charge in [-0.1, -0.05) is 37.8 Å². The summed E-state index contributed by atoms with van der Waals surface area (Å²) in [6.45, 7) is 14.4. The Balaban J connectivity index is 0.000000555. The van der Waals surface area contributed by atoms with Gasteiger partial charge in [-0.05, 0) is 89.5 Å². The molecular formula is C52H70BF6N6O13P. The molecule has 27 heteroatoms. The summed E-state index contributed by atoms with van der Waals surface area (Å²) in [5.74, 6) is -1.94. The second-order valence-electron chi connectivity index (χ2n) is 17.5. The van der Waals surface area contributed by atoms with Crippen LogP contribution in [0.25, 0.3) is 0 Å². The van der Waals surface area contributed by atoms with Crippen molar-refractivity contribution in [3.8, 4) is 11.5 Å². The van der Waals surface area contributed by atoms with E-state index in [9.17, 15) is 50.3 Å². The largest absolute Gasteiger partial charge is 0.602 e.